The molecule has 0 bridgehead atoms. The Morgan fingerprint density at radius 2 is 2.04 bits per heavy atom. The lowest BCUT2D eigenvalue weighted by atomic mass is 10.1. The van der Waals surface area contributed by atoms with Crippen molar-refractivity contribution in [3.8, 4) is 0 Å². The van der Waals surface area contributed by atoms with Gasteiger partial charge in [-0.05, 0) is 26.0 Å². The van der Waals surface area contributed by atoms with E-state index in [-0.39, 0.29) is 24.6 Å². The van der Waals surface area contributed by atoms with Gasteiger partial charge in [-0.1, -0.05) is 12.1 Å². The molecule has 0 radical (unpaired) electrons. The molecule has 28 heavy (non-hydrogen) atoms. The van der Waals surface area contributed by atoms with Gasteiger partial charge in [-0.15, -0.1) is 0 Å². The fraction of sp³-hybridized carbons (Fsp3) is 0.368. The molecule has 0 unspecified atom stereocenters. The second kappa shape index (κ2) is 7.79. The van der Waals surface area contributed by atoms with Crippen molar-refractivity contribution in [1.82, 2.24) is 9.78 Å². The third-order valence-electron chi connectivity index (χ3n) is 4.72. The summed E-state index contributed by atoms with van der Waals surface area (Å²) >= 11 is 0. The maximum absolute atomic E-state index is 13.9. The number of carbonyl (C=O) groups excluding carboxylic acids is 3. The van der Waals surface area contributed by atoms with E-state index in [9.17, 15) is 18.8 Å². The van der Waals surface area contributed by atoms with E-state index < -0.39 is 30.2 Å². The molecule has 1 aromatic carbocycles. The van der Waals surface area contributed by atoms with E-state index in [4.69, 9.17) is 4.74 Å². The highest BCUT2D eigenvalue weighted by Gasteiger charge is 2.37. The number of hydrogen-bond acceptors (Lipinski definition) is 5. The van der Waals surface area contributed by atoms with Crippen LogP contribution in [-0.2, 0) is 26.2 Å². The third kappa shape index (κ3) is 3.88. The van der Waals surface area contributed by atoms with E-state index in [1.54, 1.807) is 24.7 Å². The zero-order valence-electron chi connectivity index (χ0n) is 15.9. The number of esters is 1. The molecule has 1 atom stereocenters. The first kappa shape index (κ1) is 19.5. The number of aromatic nitrogens is 2. The number of carbonyl (C=O) groups is 3. The number of rotatable bonds is 5. The Hall–Kier alpha value is -3.23. The van der Waals surface area contributed by atoms with Crippen LogP contribution in [0.25, 0.3) is 0 Å². The second-order valence-electron chi connectivity index (χ2n) is 6.68. The minimum absolute atomic E-state index is 0.0149. The zero-order chi connectivity index (χ0) is 20.4. The lowest BCUT2D eigenvalue weighted by molar-refractivity contribution is -0.151. The van der Waals surface area contributed by atoms with Gasteiger partial charge in [-0.3, -0.25) is 19.1 Å². The summed E-state index contributed by atoms with van der Waals surface area (Å²) in [5.41, 5.74) is 2.13. The van der Waals surface area contributed by atoms with E-state index in [0.717, 1.165) is 5.69 Å². The van der Waals surface area contributed by atoms with Crippen molar-refractivity contribution >= 4 is 29.2 Å². The van der Waals surface area contributed by atoms with Gasteiger partial charge in [0, 0.05) is 20.0 Å². The minimum atomic E-state index is -0.748. The molecule has 1 aromatic heterocycles. The molecule has 0 spiro atoms. The highest BCUT2D eigenvalue weighted by atomic mass is 19.1. The number of nitrogens with one attached hydrogen (secondary N) is 1. The predicted molar refractivity (Wildman–Crippen MR) is 99.1 cm³/mol. The first-order valence-electron chi connectivity index (χ1n) is 8.79. The van der Waals surface area contributed by atoms with E-state index in [2.05, 4.69) is 10.4 Å². The van der Waals surface area contributed by atoms with Crippen LogP contribution in [0.2, 0.25) is 0 Å². The van der Waals surface area contributed by atoms with Crippen LogP contribution in [0.5, 0.6) is 0 Å². The number of nitrogens with zero attached hydrogens (tertiary/aromatic N) is 3. The molecule has 9 heteroatoms. The van der Waals surface area contributed by atoms with Gasteiger partial charge in [0.1, 0.15) is 5.82 Å². The van der Waals surface area contributed by atoms with Crippen LogP contribution < -0.4 is 10.2 Å². The summed E-state index contributed by atoms with van der Waals surface area (Å²) in [5.74, 6) is -2.81. The van der Waals surface area contributed by atoms with Gasteiger partial charge in [0.05, 0.1) is 28.7 Å². The fourth-order valence-electron chi connectivity index (χ4n) is 3.15. The minimum Gasteiger partial charge on any atom is -0.455 e. The summed E-state index contributed by atoms with van der Waals surface area (Å²) in [7, 11) is 1.76. The Labute approximate surface area is 161 Å². The van der Waals surface area contributed by atoms with Crippen LogP contribution >= 0.6 is 0 Å². The van der Waals surface area contributed by atoms with Crippen LogP contribution in [0.3, 0.4) is 0 Å². The normalized spacial score (nSPS) is 16.4. The van der Waals surface area contributed by atoms with E-state index >= 15 is 0 Å². The summed E-state index contributed by atoms with van der Waals surface area (Å²) in [4.78, 5) is 37.7. The van der Waals surface area contributed by atoms with E-state index in [0.29, 0.717) is 11.4 Å². The molecule has 2 aromatic rings. The molecule has 1 aliphatic rings. The molecule has 0 aliphatic carbocycles. The largest absolute Gasteiger partial charge is 0.455 e. The summed E-state index contributed by atoms with van der Waals surface area (Å²) in [6, 6.07) is 5.87. The van der Waals surface area contributed by atoms with Gasteiger partial charge in [0.15, 0.2) is 6.61 Å². The van der Waals surface area contributed by atoms with Crippen molar-refractivity contribution in [3.63, 3.8) is 0 Å². The fourth-order valence-corrected chi connectivity index (χ4v) is 3.15. The number of para-hydroxylation sites is 1. The van der Waals surface area contributed by atoms with Gasteiger partial charge >= 0.3 is 5.97 Å². The molecule has 2 heterocycles. The first-order valence-corrected chi connectivity index (χ1v) is 8.79. The lowest BCUT2D eigenvalue weighted by Gasteiger charge is -2.17. The van der Waals surface area contributed by atoms with Gasteiger partial charge in [-0.25, -0.2) is 4.39 Å². The Balaban J connectivity index is 1.56. The molecule has 1 N–H and O–H groups in total. The SMILES string of the molecule is Cc1nn(C)c(C)c1NC(=O)COC(=O)[C@@H]1CC(=O)N(c2ccccc2F)C1. The number of amides is 2. The number of halogens is 1. The van der Waals surface area contributed by atoms with E-state index in [1.165, 1.54) is 23.1 Å². The number of hydrogen-bond donors (Lipinski definition) is 1. The van der Waals surface area contributed by atoms with Crippen LogP contribution in [-0.4, -0.2) is 40.7 Å². The molecule has 1 aliphatic heterocycles. The smallest absolute Gasteiger partial charge is 0.311 e. The van der Waals surface area contributed by atoms with Crippen molar-refractivity contribution in [3.05, 3.63) is 41.5 Å². The quantitative estimate of drug-likeness (QED) is 0.787. The number of ether oxygens (including phenoxy) is 1. The predicted octanol–water partition coefficient (Wildman–Crippen LogP) is 1.71. The standard InChI is InChI=1S/C19H21FN4O4/c1-11-18(12(2)23(3)22-11)21-16(25)10-28-19(27)13-8-17(26)24(9-13)15-7-5-4-6-14(15)20/h4-7,13H,8-10H2,1-3H3,(H,21,25)/t13-/m1/s1. The van der Waals surface area contributed by atoms with E-state index in [1.807, 2.05) is 6.92 Å². The lowest BCUT2D eigenvalue weighted by Crippen LogP contribution is -2.28. The monoisotopic (exact) mass is 388 g/mol. The maximum Gasteiger partial charge on any atom is 0.311 e. The van der Waals surface area contributed by atoms with Crippen molar-refractivity contribution in [2.75, 3.05) is 23.4 Å². The Kier molecular flexibility index (Phi) is 5.43. The maximum atomic E-state index is 13.9. The average Bonchev–Trinajstić information content (AvgIpc) is 3.15. The third-order valence-corrected chi connectivity index (χ3v) is 4.72. The van der Waals surface area contributed by atoms with Gasteiger partial charge < -0.3 is 15.0 Å². The molecular formula is C19H21FN4O4. The molecule has 8 nitrogen and oxygen atoms in total. The van der Waals surface area contributed by atoms with Crippen molar-refractivity contribution in [2.24, 2.45) is 13.0 Å². The van der Waals surface area contributed by atoms with Crippen molar-refractivity contribution in [2.45, 2.75) is 20.3 Å². The topological polar surface area (TPSA) is 93.5 Å². The van der Waals surface area contributed by atoms with Crippen LogP contribution in [0.15, 0.2) is 24.3 Å². The number of benzene rings is 1. The Morgan fingerprint density at radius 3 is 2.68 bits per heavy atom. The van der Waals surface area contributed by atoms with Gasteiger partial charge in [-0.2, -0.15) is 5.10 Å². The summed E-state index contributed by atoms with van der Waals surface area (Å²) < 4.78 is 20.6. The van der Waals surface area contributed by atoms with Crippen LogP contribution in [0, 0.1) is 25.6 Å². The highest BCUT2D eigenvalue weighted by molar-refractivity contribution is 6.00. The molecule has 2 amide bonds. The van der Waals surface area contributed by atoms with Crippen molar-refractivity contribution in [1.29, 1.82) is 0 Å². The molecule has 148 valence electrons. The molecular weight excluding hydrogens is 367 g/mol. The Morgan fingerprint density at radius 1 is 1.32 bits per heavy atom. The Bertz CT molecular complexity index is 940. The molecule has 3 rings (SSSR count). The number of aryl methyl sites for hydroxylation is 2. The van der Waals surface area contributed by atoms with Crippen molar-refractivity contribution < 1.29 is 23.5 Å². The first-order chi connectivity index (χ1) is 13.3. The second-order valence-corrected chi connectivity index (χ2v) is 6.68. The highest BCUT2D eigenvalue weighted by Crippen LogP contribution is 2.27. The average molecular weight is 388 g/mol. The van der Waals surface area contributed by atoms with Gasteiger partial charge in [0.2, 0.25) is 5.91 Å². The summed E-state index contributed by atoms with van der Waals surface area (Å²) in [6.07, 6.45) is -0.0877. The molecule has 1 fully saturated rings. The number of anilines is 2. The van der Waals surface area contributed by atoms with Crippen LogP contribution in [0.4, 0.5) is 15.8 Å². The summed E-state index contributed by atoms with van der Waals surface area (Å²) in [6.45, 7) is 3.11. The molecule has 1 saturated heterocycles. The summed E-state index contributed by atoms with van der Waals surface area (Å²) in [5, 5.41) is 6.86. The van der Waals surface area contributed by atoms with Crippen LogP contribution in [0.1, 0.15) is 17.8 Å². The van der Waals surface area contributed by atoms with Gasteiger partial charge in [0.25, 0.3) is 5.91 Å². The molecule has 0 saturated carbocycles. The zero-order valence-corrected chi connectivity index (χ0v) is 15.9.